The molecular weight excluding hydrogens is 420 g/mol. The van der Waals surface area contributed by atoms with Crippen LogP contribution in [-0.2, 0) is 9.59 Å². The van der Waals surface area contributed by atoms with Gasteiger partial charge >= 0.3 is 0 Å². The van der Waals surface area contributed by atoms with E-state index in [1.165, 1.54) is 7.11 Å². The van der Waals surface area contributed by atoms with Crippen LogP contribution in [0.25, 0.3) is 0 Å². The van der Waals surface area contributed by atoms with Gasteiger partial charge in [0.2, 0.25) is 11.8 Å². The second-order valence-corrected chi connectivity index (χ2v) is 9.74. The van der Waals surface area contributed by atoms with E-state index in [4.69, 9.17) is 9.47 Å². The lowest BCUT2D eigenvalue weighted by atomic mass is 9.95. The van der Waals surface area contributed by atoms with Gasteiger partial charge in [-0.2, -0.15) is 0 Å². The monoisotopic (exact) mass is 458 g/mol. The smallest absolute Gasteiger partial charge is 0.229 e. The predicted molar refractivity (Wildman–Crippen MR) is 133 cm³/mol. The molecule has 2 aromatic carbocycles. The maximum absolute atomic E-state index is 12.0. The molecule has 0 heterocycles. The van der Waals surface area contributed by atoms with Crippen LogP contribution in [0.1, 0.15) is 60.1 Å². The van der Waals surface area contributed by atoms with Crippen LogP contribution in [0.4, 0.5) is 11.4 Å². The van der Waals surface area contributed by atoms with E-state index in [0.717, 1.165) is 11.4 Å². The van der Waals surface area contributed by atoms with Gasteiger partial charge in [-0.25, -0.2) is 0 Å². The van der Waals surface area contributed by atoms with E-state index in [0.29, 0.717) is 17.0 Å². The highest BCUT2D eigenvalue weighted by atomic mass is 16.5. The Labute approximate surface area is 197 Å². The molecule has 7 nitrogen and oxygen atoms in total. The number of methoxy groups -OCH3 is 2. The van der Waals surface area contributed by atoms with Gasteiger partial charge in [-0.1, -0.05) is 53.7 Å². The second-order valence-electron chi connectivity index (χ2n) is 9.74. The zero-order chi connectivity index (χ0) is 25.4. The fraction of sp³-hybridized carbons (Fsp3) is 0.462. The molecule has 1 unspecified atom stereocenters. The van der Waals surface area contributed by atoms with Crippen molar-refractivity contribution >= 4 is 23.2 Å². The SMILES string of the molecule is COc1cccc(NC(=O)C(C)(C)C)c1.COc1cccc(NC(=O)C(C)(C)C)c1C(C)O. The topological polar surface area (TPSA) is 96.9 Å². The Morgan fingerprint density at radius 1 is 0.848 bits per heavy atom. The van der Waals surface area contributed by atoms with E-state index in [2.05, 4.69) is 10.6 Å². The van der Waals surface area contributed by atoms with E-state index in [1.54, 1.807) is 38.3 Å². The van der Waals surface area contributed by atoms with E-state index in [9.17, 15) is 14.7 Å². The molecule has 2 amide bonds. The highest BCUT2D eigenvalue weighted by Gasteiger charge is 2.24. The molecule has 0 aliphatic carbocycles. The fourth-order valence-electron chi connectivity index (χ4n) is 2.59. The number of carbonyl (C=O) groups is 2. The van der Waals surface area contributed by atoms with Gasteiger partial charge in [0.05, 0.1) is 26.0 Å². The molecule has 182 valence electrons. The van der Waals surface area contributed by atoms with E-state index < -0.39 is 11.5 Å². The van der Waals surface area contributed by atoms with Crippen LogP contribution in [0.3, 0.4) is 0 Å². The van der Waals surface area contributed by atoms with Crippen LogP contribution in [0.5, 0.6) is 11.5 Å². The van der Waals surface area contributed by atoms with Crippen molar-refractivity contribution in [1.29, 1.82) is 0 Å². The Bertz CT molecular complexity index is 940. The summed E-state index contributed by atoms with van der Waals surface area (Å²) < 4.78 is 10.3. The van der Waals surface area contributed by atoms with Crippen LogP contribution in [-0.4, -0.2) is 31.1 Å². The first kappa shape index (κ1) is 28.0. The first-order valence-electron chi connectivity index (χ1n) is 10.8. The third kappa shape index (κ3) is 8.77. The molecule has 0 aliphatic heterocycles. The number of nitrogens with one attached hydrogen (secondary N) is 2. The molecule has 0 saturated heterocycles. The summed E-state index contributed by atoms with van der Waals surface area (Å²) in [6.07, 6.45) is -0.712. The van der Waals surface area contributed by atoms with Gasteiger partial charge in [0.15, 0.2) is 0 Å². The lowest BCUT2D eigenvalue weighted by Crippen LogP contribution is -2.28. The lowest BCUT2D eigenvalue weighted by molar-refractivity contribution is -0.123. The first-order chi connectivity index (χ1) is 15.2. The van der Waals surface area contributed by atoms with Crippen molar-refractivity contribution in [3.63, 3.8) is 0 Å². The summed E-state index contributed by atoms with van der Waals surface area (Å²) in [5.41, 5.74) is 1.07. The molecule has 2 rings (SSSR count). The number of hydrogen-bond acceptors (Lipinski definition) is 5. The van der Waals surface area contributed by atoms with Crippen molar-refractivity contribution in [2.45, 2.75) is 54.6 Å². The normalized spacial score (nSPS) is 12.1. The maximum Gasteiger partial charge on any atom is 0.229 e. The summed E-state index contributed by atoms with van der Waals surface area (Å²) in [4.78, 5) is 23.7. The number of hydrogen-bond donors (Lipinski definition) is 3. The van der Waals surface area contributed by atoms with Gasteiger partial charge in [0, 0.05) is 28.1 Å². The van der Waals surface area contributed by atoms with Crippen molar-refractivity contribution in [1.82, 2.24) is 0 Å². The Morgan fingerprint density at radius 2 is 1.39 bits per heavy atom. The van der Waals surface area contributed by atoms with E-state index in [-0.39, 0.29) is 17.2 Å². The highest BCUT2D eigenvalue weighted by Crippen LogP contribution is 2.33. The third-order valence-corrected chi connectivity index (χ3v) is 4.64. The molecule has 7 heteroatoms. The summed E-state index contributed by atoms with van der Waals surface area (Å²) in [6.45, 7) is 12.8. The van der Waals surface area contributed by atoms with Gasteiger partial charge in [0.25, 0.3) is 0 Å². The number of rotatable bonds is 5. The summed E-state index contributed by atoms with van der Waals surface area (Å²) in [5.74, 6) is 1.20. The minimum atomic E-state index is -0.712. The summed E-state index contributed by atoms with van der Waals surface area (Å²) in [6, 6.07) is 12.6. The van der Waals surface area contributed by atoms with Crippen LogP contribution in [0.2, 0.25) is 0 Å². The van der Waals surface area contributed by atoms with Crippen molar-refractivity contribution in [3.05, 3.63) is 48.0 Å². The molecule has 33 heavy (non-hydrogen) atoms. The third-order valence-electron chi connectivity index (χ3n) is 4.64. The average Bonchev–Trinajstić information content (AvgIpc) is 2.72. The largest absolute Gasteiger partial charge is 0.497 e. The Kier molecular flexibility index (Phi) is 9.92. The van der Waals surface area contributed by atoms with Gasteiger partial charge in [-0.3, -0.25) is 9.59 Å². The Hall–Kier alpha value is -3.06. The molecule has 0 saturated carbocycles. The molecule has 0 bridgehead atoms. The Balaban J connectivity index is 0.000000335. The number of amides is 2. The summed E-state index contributed by atoms with van der Waals surface area (Å²) in [5, 5.41) is 15.5. The van der Waals surface area contributed by atoms with Gasteiger partial charge < -0.3 is 25.2 Å². The molecule has 0 radical (unpaired) electrons. The highest BCUT2D eigenvalue weighted by molar-refractivity contribution is 5.95. The van der Waals surface area contributed by atoms with Crippen LogP contribution >= 0.6 is 0 Å². The van der Waals surface area contributed by atoms with Crippen molar-refractivity contribution in [2.75, 3.05) is 24.9 Å². The molecule has 0 aliphatic rings. The summed E-state index contributed by atoms with van der Waals surface area (Å²) >= 11 is 0. The molecule has 0 spiro atoms. The van der Waals surface area contributed by atoms with E-state index in [1.807, 2.05) is 59.7 Å². The van der Waals surface area contributed by atoms with Crippen molar-refractivity contribution < 1.29 is 24.2 Å². The molecule has 2 aromatic rings. The number of aliphatic hydroxyl groups is 1. The second kappa shape index (κ2) is 11.7. The number of aliphatic hydroxyl groups excluding tert-OH is 1. The number of benzene rings is 2. The molecular formula is C26H38N2O5. The molecule has 0 fully saturated rings. The fourth-order valence-corrected chi connectivity index (χ4v) is 2.59. The zero-order valence-corrected chi connectivity index (χ0v) is 21.2. The molecule has 0 aromatic heterocycles. The lowest BCUT2D eigenvalue weighted by Gasteiger charge is -2.21. The van der Waals surface area contributed by atoms with Gasteiger partial charge in [-0.15, -0.1) is 0 Å². The zero-order valence-electron chi connectivity index (χ0n) is 21.2. The quantitative estimate of drug-likeness (QED) is 0.556. The standard InChI is InChI=1S/C14H21NO3.C12H17NO2/c1-9(16)12-10(7-6-8-11(12)18-5)15-13(17)14(2,3)4;1-12(2,3)11(14)13-9-6-5-7-10(8-9)15-4/h6-9,16H,1-5H3,(H,15,17);5-8H,1-4H3,(H,13,14). The van der Waals surface area contributed by atoms with E-state index >= 15 is 0 Å². The maximum atomic E-state index is 12.0. The van der Waals surface area contributed by atoms with Gasteiger partial charge in [0.1, 0.15) is 11.5 Å². The minimum absolute atomic E-state index is 0.00393. The number of ether oxygens (including phenoxy) is 2. The number of anilines is 2. The number of carbonyl (C=O) groups excluding carboxylic acids is 2. The van der Waals surface area contributed by atoms with Crippen LogP contribution < -0.4 is 20.1 Å². The van der Waals surface area contributed by atoms with Crippen LogP contribution in [0.15, 0.2) is 42.5 Å². The minimum Gasteiger partial charge on any atom is -0.497 e. The van der Waals surface area contributed by atoms with Crippen molar-refractivity contribution in [3.8, 4) is 11.5 Å². The Morgan fingerprint density at radius 3 is 1.88 bits per heavy atom. The molecule has 3 N–H and O–H groups in total. The average molecular weight is 459 g/mol. The van der Waals surface area contributed by atoms with Crippen molar-refractivity contribution in [2.24, 2.45) is 10.8 Å². The predicted octanol–water partition coefficient (Wildman–Crippen LogP) is 5.41. The van der Waals surface area contributed by atoms with Gasteiger partial charge in [-0.05, 0) is 31.2 Å². The first-order valence-corrected chi connectivity index (χ1v) is 10.8. The summed E-state index contributed by atoms with van der Waals surface area (Å²) in [7, 11) is 3.14. The van der Waals surface area contributed by atoms with Crippen LogP contribution in [0, 0.1) is 10.8 Å². The molecule has 1 atom stereocenters.